The van der Waals surface area contributed by atoms with E-state index in [0.29, 0.717) is 19.3 Å². The molecule has 6 nitrogen and oxygen atoms in total. The summed E-state index contributed by atoms with van der Waals surface area (Å²) >= 11 is 0. The van der Waals surface area contributed by atoms with Crippen LogP contribution in [0.2, 0.25) is 0 Å². The molecule has 0 bridgehead atoms. The molecule has 6 heteroatoms. The molecule has 0 amide bonds. The van der Waals surface area contributed by atoms with Gasteiger partial charge in [-0.15, -0.1) is 0 Å². The van der Waals surface area contributed by atoms with Gasteiger partial charge in [-0.2, -0.15) is 0 Å². The summed E-state index contributed by atoms with van der Waals surface area (Å²) in [5.74, 6) is -0.00188. The molecule has 0 saturated heterocycles. The van der Waals surface area contributed by atoms with Gasteiger partial charge in [-0.3, -0.25) is 14.4 Å². The van der Waals surface area contributed by atoms with Gasteiger partial charge in [0.2, 0.25) is 0 Å². The van der Waals surface area contributed by atoms with Crippen LogP contribution in [0.15, 0.2) is 0 Å². The molecule has 0 aromatic rings. The molecule has 0 radical (unpaired) electrons. The van der Waals surface area contributed by atoms with Crippen molar-refractivity contribution in [2.45, 2.75) is 291 Å². The van der Waals surface area contributed by atoms with Crippen molar-refractivity contribution in [1.29, 1.82) is 0 Å². The standard InChI is InChI=1S/C51H98O6/c1-5-7-9-11-12-13-14-21-26-29-32-36-40-44-51(54)57-48(45-55-49(52)42-38-33-10-8-6-2)46-56-50(53)43-39-35-31-28-25-23-20-18-16-15-17-19-22-24-27-30-34-37-41-47(3)4/h47-48H,5-46H2,1-4H3/t48-/m0/s1. The highest BCUT2D eigenvalue weighted by atomic mass is 16.6. The van der Waals surface area contributed by atoms with Gasteiger partial charge >= 0.3 is 17.9 Å². The van der Waals surface area contributed by atoms with E-state index in [1.165, 1.54) is 173 Å². The summed E-state index contributed by atoms with van der Waals surface area (Å²) in [4.78, 5) is 37.6. The summed E-state index contributed by atoms with van der Waals surface area (Å²) in [5, 5.41) is 0. The third kappa shape index (κ3) is 45.3. The summed E-state index contributed by atoms with van der Waals surface area (Å²) in [6, 6.07) is 0. The van der Waals surface area contributed by atoms with E-state index < -0.39 is 6.10 Å². The van der Waals surface area contributed by atoms with Gasteiger partial charge in [-0.1, -0.05) is 246 Å². The maximum atomic E-state index is 12.7. The van der Waals surface area contributed by atoms with E-state index in [1.54, 1.807) is 0 Å². The van der Waals surface area contributed by atoms with Crippen LogP contribution < -0.4 is 0 Å². The number of ether oxygens (including phenoxy) is 3. The third-order valence-corrected chi connectivity index (χ3v) is 11.5. The molecule has 0 aliphatic rings. The first-order valence-corrected chi connectivity index (χ1v) is 25.4. The predicted octanol–water partition coefficient (Wildman–Crippen LogP) is 16.3. The van der Waals surface area contributed by atoms with Gasteiger partial charge in [-0.05, 0) is 25.2 Å². The zero-order valence-corrected chi connectivity index (χ0v) is 38.8. The lowest BCUT2D eigenvalue weighted by Crippen LogP contribution is -2.30. The Kier molecular flexibility index (Phi) is 44.2. The van der Waals surface area contributed by atoms with Gasteiger partial charge < -0.3 is 14.2 Å². The smallest absolute Gasteiger partial charge is 0.306 e. The summed E-state index contributed by atoms with van der Waals surface area (Å²) in [6.07, 6.45) is 47.0. The van der Waals surface area contributed by atoms with E-state index >= 15 is 0 Å². The first-order valence-electron chi connectivity index (χ1n) is 25.4. The van der Waals surface area contributed by atoms with Crippen LogP contribution in [0.1, 0.15) is 285 Å². The van der Waals surface area contributed by atoms with Gasteiger partial charge in [0.1, 0.15) is 13.2 Å². The normalized spacial score (nSPS) is 11.9. The minimum atomic E-state index is -0.758. The van der Waals surface area contributed by atoms with Gasteiger partial charge in [0.15, 0.2) is 6.10 Å². The largest absolute Gasteiger partial charge is 0.462 e. The zero-order chi connectivity index (χ0) is 41.7. The quantitative estimate of drug-likeness (QED) is 0.0346. The van der Waals surface area contributed by atoms with Crippen molar-refractivity contribution in [3.8, 4) is 0 Å². The van der Waals surface area contributed by atoms with Crippen LogP contribution in [0, 0.1) is 5.92 Å². The number of unbranched alkanes of at least 4 members (excludes halogenated alkanes) is 33. The fourth-order valence-electron chi connectivity index (χ4n) is 7.69. The molecule has 1 atom stereocenters. The van der Waals surface area contributed by atoms with Crippen LogP contribution in [0.25, 0.3) is 0 Å². The van der Waals surface area contributed by atoms with Gasteiger partial charge in [0.05, 0.1) is 0 Å². The number of esters is 3. The molecule has 0 fully saturated rings. The Hall–Kier alpha value is -1.59. The average Bonchev–Trinajstić information content (AvgIpc) is 3.19. The number of rotatable bonds is 46. The van der Waals surface area contributed by atoms with Crippen molar-refractivity contribution in [3.05, 3.63) is 0 Å². The molecular weight excluding hydrogens is 709 g/mol. The van der Waals surface area contributed by atoms with E-state index in [-0.39, 0.29) is 31.1 Å². The van der Waals surface area contributed by atoms with Crippen molar-refractivity contribution in [3.63, 3.8) is 0 Å². The lowest BCUT2D eigenvalue weighted by Gasteiger charge is -2.18. The lowest BCUT2D eigenvalue weighted by molar-refractivity contribution is -0.167. The lowest BCUT2D eigenvalue weighted by atomic mass is 10.0. The molecule has 0 saturated carbocycles. The molecular formula is C51H98O6. The van der Waals surface area contributed by atoms with Crippen LogP contribution >= 0.6 is 0 Å². The summed E-state index contributed by atoms with van der Waals surface area (Å²) in [7, 11) is 0. The third-order valence-electron chi connectivity index (χ3n) is 11.5. The molecule has 0 aromatic heterocycles. The summed E-state index contributed by atoms with van der Waals surface area (Å²) in [5.41, 5.74) is 0. The summed E-state index contributed by atoms with van der Waals surface area (Å²) < 4.78 is 16.7. The molecule has 57 heavy (non-hydrogen) atoms. The first-order chi connectivity index (χ1) is 27.9. The van der Waals surface area contributed by atoms with Crippen LogP contribution in [0.3, 0.4) is 0 Å². The van der Waals surface area contributed by atoms with Crippen molar-refractivity contribution in [1.82, 2.24) is 0 Å². The Labute approximate surface area is 355 Å². The van der Waals surface area contributed by atoms with E-state index in [0.717, 1.165) is 70.1 Å². The molecule has 0 heterocycles. The number of hydrogen-bond donors (Lipinski definition) is 0. The highest BCUT2D eigenvalue weighted by molar-refractivity contribution is 5.71. The Morgan fingerprint density at radius 1 is 0.333 bits per heavy atom. The number of hydrogen-bond acceptors (Lipinski definition) is 6. The molecule has 0 unspecified atom stereocenters. The van der Waals surface area contributed by atoms with Crippen LogP contribution in [0.4, 0.5) is 0 Å². The van der Waals surface area contributed by atoms with E-state index in [4.69, 9.17) is 14.2 Å². The SMILES string of the molecule is CCCCCCCCCCCCCCCC(=O)O[C@@H](COC(=O)CCCCCCC)COC(=O)CCCCCCCCCCCCCCCCCCCCC(C)C. The maximum Gasteiger partial charge on any atom is 0.306 e. The highest BCUT2D eigenvalue weighted by Gasteiger charge is 2.19. The van der Waals surface area contributed by atoms with Gasteiger partial charge in [0.25, 0.3) is 0 Å². The van der Waals surface area contributed by atoms with E-state index in [1.807, 2.05) is 0 Å². The minimum absolute atomic E-state index is 0.0639. The zero-order valence-electron chi connectivity index (χ0n) is 38.8. The Balaban J connectivity index is 4.05. The molecule has 0 aliphatic carbocycles. The van der Waals surface area contributed by atoms with Crippen molar-refractivity contribution < 1.29 is 28.6 Å². The fourth-order valence-corrected chi connectivity index (χ4v) is 7.69. The van der Waals surface area contributed by atoms with Gasteiger partial charge in [-0.25, -0.2) is 0 Å². The highest BCUT2D eigenvalue weighted by Crippen LogP contribution is 2.17. The second-order valence-electron chi connectivity index (χ2n) is 17.9. The van der Waals surface area contributed by atoms with Gasteiger partial charge in [0, 0.05) is 19.3 Å². The van der Waals surface area contributed by atoms with Crippen LogP contribution in [-0.4, -0.2) is 37.2 Å². The van der Waals surface area contributed by atoms with E-state index in [2.05, 4.69) is 27.7 Å². The minimum Gasteiger partial charge on any atom is -0.462 e. The first kappa shape index (κ1) is 55.4. The molecule has 0 spiro atoms. The maximum absolute atomic E-state index is 12.7. The Bertz CT molecular complexity index is 857. The van der Waals surface area contributed by atoms with Crippen molar-refractivity contribution in [2.24, 2.45) is 5.92 Å². The predicted molar refractivity (Wildman–Crippen MR) is 243 cm³/mol. The number of carbonyl (C=O) groups excluding carboxylic acids is 3. The van der Waals surface area contributed by atoms with Crippen molar-refractivity contribution >= 4 is 17.9 Å². The van der Waals surface area contributed by atoms with Crippen molar-refractivity contribution in [2.75, 3.05) is 13.2 Å². The number of carbonyl (C=O) groups is 3. The molecule has 0 aliphatic heterocycles. The average molecular weight is 807 g/mol. The monoisotopic (exact) mass is 807 g/mol. The summed E-state index contributed by atoms with van der Waals surface area (Å²) in [6.45, 7) is 8.96. The van der Waals surface area contributed by atoms with Crippen LogP contribution in [0.5, 0.6) is 0 Å². The molecule has 0 aromatic carbocycles. The van der Waals surface area contributed by atoms with Crippen LogP contribution in [-0.2, 0) is 28.6 Å². The Morgan fingerprint density at radius 2 is 0.579 bits per heavy atom. The fraction of sp³-hybridized carbons (Fsp3) is 0.941. The topological polar surface area (TPSA) is 78.9 Å². The second kappa shape index (κ2) is 45.5. The molecule has 338 valence electrons. The molecule has 0 N–H and O–H groups in total. The second-order valence-corrected chi connectivity index (χ2v) is 17.9. The molecule has 0 rings (SSSR count). The Morgan fingerprint density at radius 3 is 0.860 bits per heavy atom. The van der Waals surface area contributed by atoms with E-state index in [9.17, 15) is 14.4 Å².